The number of aromatic nitrogens is 1. The van der Waals surface area contributed by atoms with Gasteiger partial charge < -0.3 is 44.5 Å². The molecular weight excluding hydrogens is 915 g/mol. The van der Waals surface area contributed by atoms with Gasteiger partial charge in [-0.15, -0.1) is 36.2 Å². The summed E-state index contributed by atoms with van der Waals surface area (Å²) in [6, 6.07) is 30.0. The maximum absolute atomic E-state index is 8.88. The molecule has 1 saturated heterocycles. The number of rotatable bonds is 14. The molecule has 1 aliphatic heterocycles. The van der Waals surface area contributed by atoms with E-state index in [1.807, 2.05) is 30.5 Å². The van der Waals surface area contributed by atoms with Crippen LogP contribution >= 0.6 is 63.4 Å². The van der Waals surface area contributed by atoms with Crippen LogP contribution in [-0.2, 0) is 22.1 Å². The highest BCUT2D eigenvalue weighted by atomic mass is 35.5. The standard InChI is InChI=1S/C20H22ClN.C14H19N3S.C9H19N.2ClH.2H3O4P/c21-20-10-8-17(9-11-20)16-19(18-6-2-1-3-7-18)12-15-22-13-4-5-14-22;1-16(2)9-10-17(12-13-6-5-11-18-13)14-7-3-4-8-15-14;1-8(10-2)7-9-5-3-4-6-9;;;2*1-5(2,3)4/h1-3,6-12H,4-5,13-16H2;3-8,11H,9-10,12H2,1-2H3;8-10H,3-7H2,1-2H3;2*1H;2*(H3,1,2,3,4)/b19-12-;;;;;;. The number of likely N-dealkylation sites (tertiary alicyclic amines) is 1. The SMILES string of the molecule is CN(C)CCN(Cc1cccs1)c1ccccn1.CNC(C)CC1CCCC1.Cl.Cl.Clc1ccc(C/C(=C/CN2CCCC2)c2ccccc2)cc1.O=P(O)(O)O.O=P(O)(O)O. The first-order valence-corrected chi connectivity index (χ1v) is 24.6. The molecule has 7 N–H and O–H groups in total. The van der Waals surface area contributed by atoms with Crippen LogP contribution in [0.4, 0.5) is 5.82 Å². The lowest BCUT2D eigenvalue weighted by atomic mass is 9.98. The summed E-state index contributed by atoms with van der Waals surface area (Å²) in [5, 5.41) is 6.21. The van der Waals surface area contributed by atoms with E-state index in [4.69, 9.17) is 50.1 Å². The molecule has 0 spiro atoms. The summed E-state index contributed by atoms with van der Waals surface area (Å²) >= 11 is 7.79. The van der Waals surface area contributed by atoms with Gasteiger partial charge in [0.1, 0.15) is 5.82 Å². The molecule has 1 unspecified atom stereocenters. The van der Waals surface area contributed by atoms with Crippen molar-refractivity contribution in [1.29, 1.82) is 0 Å². The second-order valence-corrected chi connectivity index (χ2v) is 18.5. The van der Waals surface area contributed by atoms with Crippen molar-refractivity contribution in [2.75, 3.05) is 58.8 Å². The van der Waals surface area contributed by atoms with E-state index in [1.165, 1.54) is 79.6 Å². The van der Waals surface area contributed by atoms with Crippen molar-refractivity contribution in [2.45, 2.75) is 70.9 Å². The molecule has 3 heterocycles. The Morgan fingerprint density at radius 3 is 1.94 bits per heavy atom. The molecule has 2 aromatic carbocycles. The Kier molecular flexibility index (Phi) is 32.1. The van der Waals surface area contributed by atoms with Gasteiger partial charge in [-0.3, -0.25) is 4.90 Å². The van der Waals surface area contributed by atoms with Crippen molar-refractivity contribution in [3.05, 3.63) is 124 Å². The number of nitrogens with zero attached hydrogens (tertiary/aromatic N) is 4. The van der Waals surface area contributed by atoms with E-state index in [2.05, 4.69) is 125 Å². The van der Waals surface area contributed by atoms with Crippen LogP contribution in [0.3, 0.4) is 0 Å². The molecule has 62 heavy (non-hydrogen) atoms. The third kappa shape index (κ3) is 31.6. The number of likely N-dealkylation sites (N-methyl/N-ethyl adjacent to an activating group) is 1. The maximum atomic E-state index is 8.88. The Labute approximate surface area is 390 Å². The van der Waals surface area contributed by atoms with Crippen molar-refractivity contribution in [3.8, 4) is 0 Å². The number of nitrogens with one attached hydrogen (secondary N) is 1. The molecule has 0 bridgehead atoms. The van der Waals surface area contributed by atoms with Gasteiger partial charge in [-0.2, -0.15) is 0 Å². The van der Waals surface area contributed by atoms with Crippen molar-refractivity contribution in [3.63, 3.8) is 0 Å². The molecule has 19 heteroatoms. The Bertz CT molecular complexity index is 1780. The lowest BCUT2D eigenvalue weighted by Gasteiger charge is -2.24. The zero-order valence-electron chi connectivity index (χ0n) is 36.2. The fourth-order valence-corrected chi connectivity index (χ4v) is 7.41. The molecule has 6 rings (SSSR count). The molecule has 1 aliphatic carbocycles. The molecule has 13 nitrogen and oxygen atoms in total. The van der Waals surface area contributed by atoms with Gasteiger partial charge in [0.05, 0.1) is 6.54 Å². The quantitative estimate of drug-likeness (QED) is 0.0594. The minimum Gasteiger partial charge on any atom is -0.350 e. The summed E-state index contributed by atoms with van der Waals surface area (Å²) in [6.07, 6.45) is 15.2. The Balaban J connectivity index is 0.000000832. The van der Waals surface area contributed by atoms with Crippen molar-refractivity contribution in [2.24, 2.45) is 5.92 Å². The number of benzene rings is 2. The first kappa shape index (κ1) is 59.8. The first-order chi connectivity index (χ1) is 28.4. The molecule has 4 aromatic rings. The third-order valence-electron chi connectivity index (χ3n) is 9.62. The number of halogens is 3. The summed E-state index contributed by atoms with van der Waals surface area (Å²) < 4.78 is 17.8. The van der Waals surface area contributed by atoms with Crippen LogP contribution in [0.5, 0.6) is 0 Å². The Hall–Kier alpha value is -2.20. The highest BCUT2D eigenvalue weighted by molar-refractivity contribution is 7.45. The fraction of sp³-hybridized carbons (Fsp3) is 0.465. The number of allylic oxidation sites excluding steroid dienone is 1. The normalized spacial score (nSPS) is 14.5. The highest BCUT2D eigenvalue weighted by Crippen LogP contribution is 2.29. The van der Waals surface area contributed by atoms with E-state index in [9.17, 15) is 0 Å². The highest BCUT2D eigenvalue weighted by Gasteiger charge is 2.16. The van der Waals surface area contributed by atoms with Crippen LogP contribution < -0.4 is 10.2 Å². The number of anilines is 1. The van der Waals surface area contributed by atoms with Crippen LogP contribution in [0.2, 0.25) is 5.02 Å². The third-order valence-corrected chi connectivity index (χ3v) is 10.7. The van der Waals surface area contributed by atoms with E-state index in [0.29, 0.717) is 0 Å². The van der Waals surface area contributed by atoms with E-state index < -0.39 is 15.6 Å². The summed E-state index contributed by atoms with van der Waals surface area (Å²) in [7, 11) is -3.02. The monoisotopic (exact) mass is 981 g/mol. The van der Waals surface area contributed by atoms with Crippen molar-refractivity contribution >= 4 is 74.8 Å². The number of hydrogen-bond donors (Lipinski definition) is 7. The lowest BCUT2D eigenvalue weighted by Crippen LogP contribution is -2.31. The van der Waals surface area contributed by atoms with Crippen LogP contribution in [0.1, 0.15) is 67.9 Å². The van der Waals surface area contributed by atoms with E-state index >= 15 is 0 Å². The predicted molar refractivity (Wildman–Crippen MR) is 262 cm³/mol. The molecule has 0 radical (unpaired) electrons. The molecule has 2 aromatic heterocycles. The number of phosphoric acid groups is 2. The molecule has 0 amide bonds. The number of pyridine rings is 1. The summed E-state index contributed by atoms with van der Waals surface area (Å²) in [4.78, 5) is 56.0. The largest absolute Gasteiger partial charge is 0.466 e. The van der Waals surface area contributed by atoms with Gasteiger partial charge in [-0.05, 0) is 125 Å². The smallest absolute Gasteiger partial charge is 0.350 e. The Morgan fingerprint density at radius 2 is 1.44 bits per heavy atom. The first-order valence-electron chi connectivity index (χ1n) is 20.2. The number of hydrogen-bond acceptors (Lipinski definition) is 8. The Morgan fingerprint density at radius 1 is 0.855 bits per heavy atom. The van der Waals surface area contributed by atoms with Crippen molar-refractivity contribution in [1.82, 2.24) is 20.1 Å². The zero-order chi connectivity index (χ0) is 44.4. The topological polar surface area (TPSA) is 190 Å². The van der Waals surface area contributed by atoms with Gasteiger partial charge in [0, 0.05) is 41.8 Å². The van der Waals surface area contributed by atoms with Crippen LogP contribution in [-0.4, -0.2) is 104 Å². The molecular formula is C43H68Cl3N5O8P2S. The lowest BCUT2D eigenvalue weighted by molar-refractivity contribution is 0.272. The van der Waals surface area contributed by atoms with Crippen LogP contribution in [0.15, 0.2) is 103 Å². The van der Waals surface area contributed by atoms with E-state index in [1.54, 1.807) is 11.3 Å². The summed E-state index contributed by atoms with van der Waals surface area (Å²) in [5.74, 6) is 2.08. The van der Waals surface area contributed by atoms with E-state index in [0.717, 1.165) is 55.4 Å². The molecule has 2 aliphatic rings. The van der Waals surface area contributed by atoms with E-state index in [-0.39, 0.29) is 24.8 Å². The minimum absolute atomic E-state index is 0. The van der Waals surface area contributed by atoms with Gasteiger partial charge in [0.25, 0.3) is 0 Å². The van der Waals surface area contributed by atoms with Crippen molar-refractivity contribution < 1.29 is 38.5 Å². The van der Waals surface area contributed by atoms with Crippen LogP contribution in [0, 0.1) is 5.92 Å². The van der Waals surface area contributed by atoms with Gasteiger partial charge in [0.15, 0.2) is 0 Å². The minimum atomic E-state index is -4.64. The van der Waals surface area contributed by atoms with Gasteiger partial charge >= 0.3 is 15.6 Å². The van der Waals surface area contributed by atoms with Crippen LogP contribution in [0.25, 0.3) is 5.57 Å². The molecule has 350 valence electrons. The molecule has 1 atom stereocenters. The van der Waals surface area contributed by atoms with Gasteiger partial charge in [-0.25, -0.2) is 14.1 Å². The zero-order valence-corrected chi connectivity index (χ0v) is 41.1. The predicted octanol–water partition coefficient (Wildman–Crippen LogP) is 8.93. The average Bonchev–Trinajstić information content (AvgIpc) is 4.02. The maximum Gasteiger partial charge on any atom is 0.466 e. The molecule has 1 saturated carbocycles. The average molecular weight is 983 g/mol. The van der Waals surface area contributed by atoms with Gasteiger partial charge in [0.2, 0.25) is 0 Å². The van der Waals surface area contributed by atoms with Gasteiger partial charge in [-0.1, -0.05) is 98.0 Å². The fourth-order valence-electron chi connectivity index (χ4n) is 6.56. The summed E-state index contributed by atoms with van der Waals surface area (Å²) in [5.41, 5.74) is 4.02. The summed E-state index contributed by atoms with van der Waals surface area (Å²) in [6.45, 7) is 8.75. The number of thiophene rings is 1. The molecule has 2 fully saturated rings. The second kappa shape index (κ2) is 33.3. The second-order valence-electron chi connectivity index (χ2n) is 15.0.